The van der Waals surface area contributed by atoms with Crippen molar-refractivity contribution in [1.29, 1.82) is 5.39 Å². The number of nitrogens with one attached hydrogen (secondary N) is 1. The van der Waals surface area contributed by atoms with E-state index in [1.807, 2.05) is 0 Å². The minimum atomic E-state index is -0.825. The molecule has 0 amide bonds. The zero-order chi connectivity index (χ0) is 11.4. The van der Waals surface area contributed by atoms with Gasteiger partial charge in [0.1, 0.15) is 0 Å². The minimum Gasteiger partial charge on any atom is -0.464 e. The molecular formula is C7H7N4O4+. The Kier molecular flexibility index (Phi) is 2.97. The molecule has 8 nitrogen and oxygen atoms in total. The lowest BCUT2D eigenvalue weighted by molar-refractivity contribution is 0.0588. The Morgan fingerprint density at radius 2 is 1.93 bits per heavy atom. The zero-order valence-electron chi connectivity index (χ0n) is 7.97. The SMILES string of the molecule is COC(=O)c1n[nH]c(C(=O)OC)c1[N+]#N. The first kappa shape index (κ1) is 10.6. The predicted molar refractivity (Wildman–Crippen MR) is 46.0 cm³/mol. The van der Waals surface area contributed by atoms with Gasteiger partial charge in [0.2, 0.25) is 11.1 Å². The molecule has 0 radical (unpaired) electrons. The predicted octanol–water partition coefficient (Wildman–Crippen LogP) is 0.467. The van der Waals surface area contributed by atoms with E-state index in [2.05, 4.69) is 24.6 Å². The summed E-state index contributed by atoms with van der Waals surface area (Å²) in [5.41, 5.74) is -0.825. The van der Waals surface area contributed by atoms with Crippen LogP contribution >= 0.6 is 0 Å². The molecule has 0 fully saturated rings. The van der Waals surface area contributed by atoms with Crippen LogP contribution in [-0.4, -0.2) is 36.4 Å². The average molecular weight is 211 g/mol. The van der Waals surface area contributed by atoms with E-state index in [9.17, 15) is 9.59 Å². The molecule has 8 heteroatoms. The summed E-state index contributed by atoms with van der Waals surface area (Å²) in [6.45, 7) is 0. The fourth-order valence-electron chi connectivity index (χ4n) is 0.917. The number of carbonyl (C=O) groups excluding carboxylic acids is 2. The van der Waals surface area contributed by atoms with E-state index < -0.39 is 11.9 Å². The van der Waals surface area contributed by atoms with Crippen molar-refractivity contribution < 1.29 is 19.1 Å². The van der Waals surface area contributed by atoms with Crippen molar-refractivity contribution >= 4 is 17.6 Å². The van der Waals surface area contributed by atoms with Gasteiger partial charge in [0.05, 0.1) is 14.2 Å². The Labute approximate surface area is 83.8 Å². The second-order valence-corrected chi connectivity index (χ2v) is 2.38. The van der Waals surface area contributed by atoms with Crippen LogP contribution in [0.25, 0.3) is 4.98 Å². The first-order chi connectivity index (χ1) is 7.15. The lowest BCUT2D eigenvalue weighted by atomic mass is 10.3. The van der Waals surface area contributed by atoms with Crippen molar-refractivity contribution in [1.82, 2.24) is 10.2 Å². The quantitative estimate of drug-likeness (QED) is 0.562. The smallest absolute Gasteiger partial charge is 0.451 e. The van der Waals surface area contributed by atoms with Crippen LogP contribution in [0.15, 0.2) is 0 Å². The van der Waals surface area contributed by atoms with Gasteiger partial charge >= 0.3 is 17.6 Å². The van der Waals surface area contributed by atoms with Gasteiger partial charge in [-0.25, -0.2) is 9.59 Å². The summed E-state index contributed by atoms with van der Waals surface area (Å²) < 4.78 is 8.73. The van der Waals surface area contributed by atoms with Crippen LogP contribution in [0.5, 0.6) is 0 Å². The van der Waals surface area contributed by atoms with Crippen LogP contribution in [0.2, 0.25) is 0 Å². The van der Waals surface area contributed by atoms with Crippen LogP contribution in [-0.2, 0) is 9.47 Å². The fourth-order valence-corrected chi connectivity index (χ4v) is 0.917. The first-order valence-electron chi connectivity index (χ1n) is 3.75. The van der Waals surface area contributed by atoms with Crippen molar-refractivity contribution in [2.24, 2.45) is 0 Å². The molecule has 0 saturated carbocycles. The topological polar surface area (TPSA) is 109 Å². The first-order valence-corrected chi connectivity index (χ1v) is 3.75. The molecule has 0 atom stereocenters. The summed E-state index contributed by atoms with van der Waals surface area (Å²) in [6.07, 6.45) is 0. The van der Waals surface area contributed by atoms with E-state index in [0.29, 0.717) is 0 Å². The summed E-state index contributed by atoms with van der Waals surface area (Å²) in [6, 6.07) is 0. The monoisotopic (exact) mass is 211 g/mol. The normalized spacial score (nSPS) is 9.13. The van der Waals surface area contributed by atoms with Crippen molar-refractivity contribution in [2.45, 2.75) is 0 Å². The number of methoxy groups -OCH3 is 2. The van der Waals surface area contributed by atoms with Crippen molar-refractivity contribution in [3.05, 3.63) is 16.4 Å². The molecule has 0 bridgehead atoms. The number of hydrogen-bond acceptors (Lipinski definition) is 6. The van der Waals surface area contributed by atoms with Gasteiger partial charge in [-0.2, -0.15) is 5.10 Å². The van der Waals surface area contributed by atoms with Crippen LogP contribution in [0, 0.1) is 5.39 Å². The zero-order valence-corrected chi connectivity index (χ0v) is 7.97. The maximum atomic E-state index is 11.1. The largest absolute Gasteiger partial charge is 0.464 e. The number of esters is 2. The number of hydrogen-bond donors (Lipinski definition) is 1. The van der Waals surface area contributed by atoms with Gasteiger partial charge in [-0.05, 0) is 0 Å². The molecule has 15 heavy (non-hydrogen) atoms. The molecule has 0 aliphatic rings. The van der Waals surface area contributed by atoms with E-state index in [1.54, 1.807) is 0 Å². The van der Waals surface area contributed by atoms with Gasteiger partial charge in [0, 0.05) is 0 Å². The molecular weight excluding hydrogens is 204 g/mol. The summed E-state index contributed by atoms with van der Waals surface area (Å²) in [5.74, 6) is -1.63. The number of aromatic nitrogens is 2. The Hall–Kier alpha value is -2.43. The lowest BCUT2D eigenvalue weighted by Crippen LogP contribution is -2.03. The molecule has 1 heterocycles. The molecule has 0 unspecified atom stereocenters. The number of H-pyrrole nitrogens is 1. The van der Waals surface area contributed by atoms with Gasteiger partial charge < -0.3 is 9.47 Å². The minimum absolute atomic E-state index is 0.222. The van der Waals surface area contributed by atoms with Crippen molar-refractivity contribution in [2.75, 3.05) is 14.2 Å². The molecule has 1 aromatic rings. The average Bonchev–Trinajstić information content (AvgIpc) is 2.70. The number of diazo groups is 1. The highest BCUT2D eigenvalue weighted by Gasteiger charge is 2.34. The lowest BCUT2D eigenvalue weighted by Gasteiger charge is -1.89. The second-order valence-electron chi connectivity index (χ2n) is 2.38. The van der Waals surface area contributed by atoms with Crippen LogP contribution in [0.4, 0.5) is 5.69 Å². The number of nitrogens with zero attached hydrogens (tertiary/aromatic N) is 3. The number of ether oxygens (including phenoxy) is 2. The molecule has 78 valence electrons. The molecule has 0 aromatic carbocycles. The van der Waals surface area contributed by atoms with Crippen LogP contribution in [0.1, 0.15) is 21.0 Å². The summed E-state index contributed by atoms with van der Waals surface area (Å²) in [7, 11) is 2.28. The summed E-state index contributed by atoms with van der Waals surface area (Å²) >= 11 is 0. The highest BCUT2D eigenvalue weighted by molar-refractivity contribution is 6.02. The molecule has 1 N–H and O–H groups in total. The van der Waals surface area contributed by atoms with Gasteiger partial charge in [-0.1, -0.05) is 0 Å². The van der Waals surface area contributed by atoms with E-state index in [0.717, 1.165) is 14.2 Å². The van der Waals surface area contributed by atoms with E-state index in [-0.39, 0.29) is 17.1 Å². The Morgan fingerprint density at radius 1 is 1.33 bits per heavy atom. The Balaban J connectivity index is 3.24. The molecule has 0 spiro atoms. The Bertz CT molecular complexity index is 411. The second kappa shape index (κ2) is 4.19. The van der Waals surface area contributed by atoms with E-state index in [1.165, 1.54) is 0 Å². The third-order valence-corrected chi connectivity index (χ3v) is 1.61. The molecule has 0 saturated heterocycles. The van der Waals surface area contributed by atoms with Crippen molar-refractivity contribution in [3.8, 4) is 0 Å². The van der Waals surface area contributed by atoms with E-state index >= 15 is 0 Å². The summed E-state index contributed by atoms with van der Waals surface area (Å²) in [5, 5.41) is 14.3. The number of aromatic amines is 1. The van der Waals surface area contributed by atoms with Gasteiger partial charge in [0.25, 0.3) is 5.69 Å². The highest BCUT2D eigenvalue weighted by Crippen LogP contribution is 2.23. The third kappa shape index (κ3) is 1.76. The van der Waals surface area contributed by atoms with Gasteiger partial charge in [0.15, 0.2) is 4.98 Å². The van der Waals surface area contributed by atoms with Crippen LogP contribution in [0.3, 0.4) is 0 Å². The number of rotatable bonds is 2. The maximum absolute atomic E-state index is 11.1. The molecule has 0 aliphatic carbocycles. The summed E-state index contributed by atoms with van der Waals surface area (Å²) in [4.78, 5) is 25.0. The van der Waals surface area contributed by atoms with Gasteiger partial charge in [-0.3, -0.25) is 5.10 Å². The molecule has 1 aromatic heterocycles. The third-order valence-electron chi connectivity index (χ3n) is 1.61. The molecule has 0 aliphatic heterocycles. The highest BCUT2D eigenvalue weighted by atomic mass is 16.5. The van der Waals surface area contributed by atoms with Gasteiger partial charge in [-0.15, -0.1) is 0 Å². The fraction of sp³-hybridized carbons (Fsp3) is 0.286. The van der Waals surface area contributed by atoms with E-state index in [4.69, 9.17) is 5.39 Å². The van der Waals surface area contributed by atoms with Crippen molar-refractivity contribution in [3.63, 3.8) is 0 Å². The maximum Gasteiger partial charge on any atom is 0.451 e. The standard InChI is InChI=1S/C7H6N4O4/c1-14-6(12)4-3(9-8)5(11-10-4)7(13)15-2/h1-2H3/p+1. The molecule has 1 rings (SSSR count). The Morgan fingerprint density at radius 3 is 2.40 bits per heavy atom. The van der Waals surface area contributed by atoms with Crippen LogP contribution < -0.4 is 0 Å². The number of carbonyl (C=O) groups is 2.